The molecule has 0 aliphatic rings. The second kappa shape index (κ2) is 6.98. The van der Waals surface area contributed by atoms with Crippen molar-refractivity contribution in [2.45, 2.75) is 10.9 Å². The van der Waals surface area contributed by atoms with Crippen molar-refractivity contribution < 1.29 is 4.74 Å². The van der Waals surface area contributed by atoms with Crippen molar-refractivity contribution in [2.24, 2.45) is 14.1 Å². The molecule has 0 atom stereocenters. The lowest BCUT2D eigenvalue weighted by Crippen LogP contribution is -2.37. The second-order valence-corrected chi connectivity index (χ2v) is 6.26. The van der Waals surface area contributed by atoms with E-state index in [2.05, 4.69) is 10.2 Å². The van der Waals surface area contributed by atoms with Gasteiger partial charge in [-0.2, -0.15) is 0 Å². The molecule has 2 aromatic heterocycles. The minimum Gasteiger partial charge on any atom is -0.495 e. The molecule has 3 aromatic rings. The Hall–Kier alpha value is -2.81. The average Bonchev–Trinajstić information content (AvgIpc) is 3.10. The van der Waals surface area contributed by atoms with Gasteiger partial charge in [-0.25, -0.2) is 4.79 Å². The fourth-order valence-electron chi connectivity index (χ4n) is 2.37. The van der Waals surface area contributed by atoms with Crippen LogP contribution in [0.2, 0.25) is 0 Å². The van der Waals surface area contributed by atoms with Gasteiger partial charge in [0.05, 0.1) is 12.8 Å². The molecule has 0 spiro atoms. The Kier molecular flexibility index (Phi) is 4.75. The van der Waals surface area contributed by atoms with E-state index in [0.717, 1.165) is 10.3 Å². The van der Waals surface area contributed by atoms with Crippen LogP contribution >= 0.6 is 11.8 Å². The van der Waals surface area contributed by atoms with E-state index in [1.807, 2.05) is 28.8 Å². The normalized spacial score (nSPS) is 10.8. The molecule has 9 heteroatoms. The summed E-state index contributed by atoms with van der Waals surface area (Å²) in [5.74, 6) is 1.11. The van der Waals surface area contributed by atoms with Gasteiger partial charge in [0.15, 0.2) is 5.16 Å². The van der Waals surface area contributed by atoms with Gasteiger partial charge in [-0.15, -0.1) is 10.2 Å². The summed E-state index contributed by atoms with van der Waals surface area (Å²) in [6.07, 6.45) is 1.60. The van der Waals surface area contributed by atoms with Crippen LogP contribution < -0.4 is 16.0 Å². The van der Waals surface area contributed by atoms with E-state index in [9.17, 15) is 9.59 Å². The van der Waals surface area contributed by atoms with Crippen LogP contribution in [-0.4, -0.2) is 31.0 Å². The van der Waals surface area contributed by atoms with Crippen molar-refractivity contribution in [3.05, 3.63) is 63.2 Å². The van der Waals surface area contributed by atoms with Gasteiger partial charge in [0.2, 0.25) is 0 Å². The minimum atomic E-state index is -0.353. The number of rotatable bonds is 5. The van der Waals surface area contributed by atoms with Gasteiger partial charge < -0.3 is 4.74 Å². The van der Waals surface area contributed by atoms with Crippen LogP contribution in [-0.2, 0) is 19.8 Å². The Morgan fingerprint density at radius 3 is 2.68 bits per heavy atom. The summed E-state index contributed by atoms with van der Waals surface area (Å²) in [6.45, 7) is 0. The maximum absolute atomic E-state index is 12.0. The monoisotopic (exact) mass is 359 g/mol. The van der Waals surface area contributed by atoms with Gasteiger partial charge in [-0.05, 0) is 12.1 Å². The third-order valence-electron chi connectivity index (χ3n) is 3.84. The summed E-state index contributed by atoms with van der Waals surface area (Å²) < 4.78 is 9.72. The van der Waals surface area contributed by atoms with Crippen molar-refractivity contribution in [1.82, 2.24) is 23.9 Å². The van der Waals surface area contributed by atoms with E-state index in [1.54, 1.807) is 20.5 Å². The highest BCUT2D eigenvalue weighted by atomic mass is 32.2. The number of benzene rings is 1. The molecule has 0 saturated heterocycles. The minimum absolute atomic E-state index is 0.329. The molecule has 3 rings (SSSR count). The van der Waals surface area contributed by atoms with Gasteiger partial charge in [-0.3, -0.25) is 18.5 Å². The number of hydrogen-bond acceptors (Lipinski definition) is 6. The zero-order valence-corrected chi connectivity index (χ0v) is 14.9. The maximum atomic E-state index is 12.0. The summed E-state index contributed by atoms with van der Waals surface area (Å²) in [5, 5.41) is 8.72. The zero-order valence-electron chi connectivity index (χ0n) is 14.0. The molecule has 0 N–H and O–H groups in total. The maximum Gasteiger partial charge on any atom is 0.330 e. The lowest BCUT2D eigenvalue weighted by molar-refractivity contribution is 0.412. The van der Waals surface area contributed by atoms with Crippen LogP contribution in [0.25, 0.3) is 5.69 Å². The number of nitrogens with zero attached hydrogens (tertiary/aromatic N) is 5. The first-order valence-corrected chi connectivity index (χ1v) is 8.43. The van der Waals surface area contributed by atoms with Crippen molar-refractivity contribution >= 4 is 11.8 Å². The molecule has 0 aliphatic heterocycles. The van der Waals surface area contributed by atoms with Crippen molar-refractivity contribution in [3.63, 3.8) is 0 Å². The number of ether oxygens (including phenoxy) is 1. The number of hydrogen-bond donors (Lipinski definition) is 0. The highest BCUT2D eigenvalue weighted by Gasteiger charge is 2.13. The quantitative estimate of drug-likeness (QED) is 0.631. The Morgan fingerprint density at radius 2 is 1.92 bits per heavy atom. The van der Waals surface area contributed by atoms with Crippen molar-refractivity contribution in [3.8, 4) is 11.4 Å². The number of para-hydroxylation sites is 2. The van der Waals surface area contributed by atoms with Crippen LogP contribution in [0.3, 0.4) is 0 Å². The highest BCUT2D eigenvalue weighted by molar-refractivity contribution is 7.98. The number of aromatic nitrogens is 5. The van der Waals surface area contributed by atoms with Crippen LogP contribution in [0.4, 0.5) is 0 Å². The topological polar surface area (TPSA) is 83.9 Å². The largest absolute Gasteiger partial charge is 0.495 e. The average molecular weight is 359 g/mol. The molecular formula is C16H17N5O3S. The van der Waals surface area contributed by atoms with E-state index >= 15 is 0 Å². The lowest BCUT2D eigenvalue weighted by Gasteiger charge is -2.11. The molecule has 0 unspecified atom stereocenters. The molecule has 0 radical (unpaired) electrons. The molecule has 2 heterocycles. The number of thioether (sulfide) groups is 1. The van der Waals surface area contributed by atoms with E-state index in [4.69, 9.17) is 4.74 Å². The third kappa shape index (κ3) is 3.22. The molecule has 0 fully saturated rings. The van der Waals surface area contributed by atoms with Crippen LogP contribution in [0.1, 0.15) is 5.69 Å². The molecule has 0 amide bonds. The predicted molar refractivity (Wildman–Crippen MR) is 94.4 cm³/mol. The molecule has 25 heavy (non-hydrogen) atoms. The molecule has 8 nitrogen and oxygen atoms in total. The summed E-state index contributed by atoms with van der Waals surface area (Å²) in [6, 6.07) is 9.00. The molecule has 1 aromatic carbocycles. The summed E-state index contributed by atoms with van der Waals surface area (Å²) in [4.78, 5) is 23.8. The van der Waals surface area contributed by atoms with E-state index in [0.29, 0.717) is 22.4 Å². The first kappa shape index (κ1) is 17.0. The molecule has 0 saturated carbocycles. The molecule has 0 aliphatic carbocycles. The Bertz CT molecular complexity index is 1020. The Morgan fingerprint density at radius 1 is 1.16 bits per heavy atom. The Labute approximate surface area is 147 Å². The van der Waals surface area contributed by atoms with Crippen LogP contribution in [0, 0.1) is 0 Å². The predicted octanol–water partition coefficient (Wildman–Crippen LogP) is 0.966. The van der Waals surface area contributed by atoms with Gasteiger partial charge in [0, 0.05) is 31.6 Å². The highest BCUT2D eigenvalue weighted by Crippen LogP contribution is 2.27. The summed E-state index contributed by atoms with van der Waals surface area (Å²) in [7, 11) is 4.70. The first-order chi connectivity index (χ1) is 12.0. The van der Waals surface area contributed by atoms with Gasteiger partial charge in [0.25, 0.3) is 5.56 Å². The van der Waals surface area contributed by atoms with Gasteiger partial charge >= 0.3 is 5.69 Å². The lowest BCUT2D eigenvalue weighted by atomic mass is 10.3. The SMILES string of the molecule is COc1ccccc1-n1cnnc1SCc1cc(=O)n(C)c(=O)n1C. The van der Waals surface area contributed by atoms with Crippen molar-refractivity contribution in [1.29, 1.82) is 0 Å². The standard InChI is InChI=1S/C16H17N5O3S/c1-19-11(8-14(22)20(2)16(19)23)9-25-15-18-17-10-21(15)12-6-4-5-7-13(12)24-3/h4-8,10H,9H2,1-3H3. The van der Waals surface area contributed by atoms with E-state index in [-0.39, 0.29) is 11.2 Å². The van der Waals surface area contributed by atoms with Crippen molar-refractivity contribution in [2.75, 3.05) is 7.11 Å². The zero-order chi connectivity index (χ0) is 18.0. The smallest absolute Gasteiger partial charge is 0.330 e. The summed E-state index contributed by atoms with van der Waals surface area (Å²) in [5.41, 5.74) is 0.752. The third-order valence-corrected chi connectivity index (χ3v) is 4.81. The first-order valence-electron chi connectivity index (χ1n) is 7.45. The second-order valence-electron chi connectivity index (χ2n) is 5.32. The molecule has 0 bridgehead atoms. The van der Waals surface area contributed by atoms with Gasteiger partial charge in [-0.1, -0.05) is 23.9 Å². The van der Waals surface area contributed by atoms with Crippen LogP contribution in [0.5, 0.6) is 5.75 Å². The fraction of sp³-hybridized carbons (Fsp3) is 0.250. The Balaban J connectivity index is 1.91. The number of methoxy groups -OCH3 is 1. The summed E-state index contributed by atoms with van der Waals surface area (Å²) >= 11 is 1.38. The van der Waals surface area contributed by atoms with Gasteiger partial charge in [0.1, 0.15) is 12.1 Å². The molecule has 130 valence electrons. The van der Waals surface area contributed by atoms with E-state index < -0.39 is 0 Å². The molecular weight excluding hydrogens is 342 g/mol. The fourth-order valence-corrected chi connectivity index (χ4v) is 3.32. The van der Waals surface area contributed by atoms with Crippen LogP contribution in [0.15, 0.2) is 51.4 Å². The van der Waals surface area contributed by atoms with E-state index in [1.165, 1.54) is 29.4 Å².